The van der Waals surface area contributed by atoms with Crippen molar-refractivity contribution in [2.45, 2.75) is 5.92 Å². The number of carbonyl (C=O) groups is 1. The topological polar surface area (TPSA) is 69.1 Å². The van der Waals surface area contributed by atoms with E-state index in [1.54, 1.807) is 0 Å². The number of rotatable bonds is 5. The number of hydrogen-bond donors (Lipinski definition) is 2. The molecule has 0 unspecified atom stereocenters. The zero-order valence-electron chi connectivity index (χ0n) is 13.4. The molecule has 2 aromatic rings. The molecule has 1 amide bonds. The zero-order chi connectivity index (χ0) is 18.9. The van der Waals surface area contributed by atoms with Gasteiger partial charge in [0.1, 0.15) is 17.3 Å². The number of hydrogen-bond acceptors (Lipinski definition) is 4. The molecule has 2 N–H and O–H groups in total. The van der Waals surface area contributed by atoms with Gasteiger partial charge in [-0.3, -0.25) is 9.78 Å². The van der Waals surface area contributed by atoms with Gasteiger partial charge in [0, 0.05) is 24.0 Å². The number of likely N-dealkylation sites (tertiary alicyclic amines) is 1. The van der Waals surface area contributed by atoms with Crippen molar-refractivity contribution in [1.82, 2.24) is 9.88 Å². The van der Waals surface area contributed by atoms with Crippen molar-refractivity contribution in [3.05, 3.63) is 47.8 Å². The van der Waals surface area contributed by atoms with Gasteiger partial charge in [0.15, 0.2) is 0 Å². The fourth-order valence-electron chi connectivity index (χ4n) is 2.58. The first-order valence-electron chi connectivity index (χ1n) is 7.64. The van der Waals surface area contributed by atoms with Crippen LogP contribution >= 0.6 is 0 Å². The summed E-state index contributed by atoms with van der Waals surface area (Å²) in [7, 11) is 0. The molecule has 0 atom stereocenters. The van der Waals surface area contributed by atoms with Crippen LogP contribution in [0.3, 0.4) is 0 Å². The zero-order valence-corrected chi connectivity index (χ0v) is 13.4. The molecule has 1 saturated heterocycles. The van der Waals surface area contributed by atoms with Crippen LogP contribution < -0.4 is 5.32 Å². The lowest BCUT2D eigenvalue weighted by atomic mass is 10.1. The molecule has 1 fully saturated rings. The number of nitrogens with zero attached hydrogens (tertiary/aromatic N) is 2. The van der Waals surface area contributed by atoms with Gasteiger partial charge in [-0.05, 0) is 23.8 Å². The fraction of sp³-hybridized carbons (Fsp3) is 0.235. The number of carbonyl (C=O) groups excluding carboxylic acids is 1. The molecule has 9 heteroatoms. The van der Waals surface area contributed by atoms with E-state index in [1.807, 2.05) is 0 Å². The van der Waals surface area contributed by atoms with Gasteiger partial charge in [0.05, 0.1) is 25.3 Å². The van der Waals surface area contributed by atoms with Gasteiger partial charge in [0.2, 0.25) is 5.91 Å². The smallest absolute Gasteiger partial charge is 0.282 e. The molecule has 1 aromatic carbocycles. The molecule has 136 valence electrons. The lowest BCUT2D eigenvalue weighted by molar-refractivity contribution is -0.163. The average molecular weight is 366 g/mol. The lowest BCUT2D eigenvalue weighted by Gasteiger charge is -2.38. The molecule has 0 aliphatic carbocycles. The highest BCUT2D eigenvalue weighted by Crippen LogP contribution is 2.27. The summed E-state index contributed by atoms with van der Waals surface area (Å²) in [6.07, 6.45) is 2.29. The van der Waals surface area contributed by atoms with Crippen LogP contribution in [0.15, 0.2) is 30.5 Å². The molecule has 1 aliphatic rings. The van der Waals surface area contributed by atoms with Gasteiger partial charge in [-0.15, -0.1) is 0 Å². The van der Waals surface area contributed by atoms with Crippen LogP contribution in [0.2, 0.25) is 0 Å². The van der Waals surface area contributed by atoms with Gasteiger partial charge >= 0.3 is 0 Å². The minimum absolute atomic E-state index is 0.201. The van der Waals surface area contributed by atoms with Crippen LogP contribution in [0.1, 0.15) is 5.69 Å². The van der Waals surface area contributed by atoms with E-state index in [4.69, 9.17) is 5.41 Å². The molecule has 5 nitrogen and oxygen atoms in total. The summed E-state index contributed by atoms with van der Waals surface area (Å²) in [4.78, 5) is 16.9. The van der Waals surface area contributed by atoms with Crippen molar-refractivity contribution < 1.29 is 22.4 Å². The number of amides is 1. The Morgan fingerprint density at radius 1 is 1.19 bits per heavy atom. The summed E-state index contributed by atoms with van der Waals surface area (Å²) in [5.41, 5.74) is 1.10. The maximum Gasteiger partial charge on any atom is 0.282 e. The van der Waals surface area contributed by atoms with E-state index < -0.39 is 36.6 Å². The highest BCUT2D eigenvalue weighted by Gasteiger charge is 2.45. The summed E-state index contributed by atoms with van der Waals surface area (Å²) in [5, 5.41) is 10.1. The molecule has 0 saturated carbocycles. The minimum atomic E-state index is -2.85. The van der Waals surface area contributed by atoms with Gasteiger partial charge in [-0.1, -0.05) is 0 Å². The predicted molar refractivity (Wildman–Crippen MR) is 87.5 cm³/mol. The molecule has 0 bridgehead atoms. The fourth-order valence-corrected chi connectivity index (χ4v) is 2.58. The van der Waals surface area contributed by atoms with Crippen molar-refractivity contribution in [2.75, 3.05) is 25.0 Å². The standard InChI is InChI=1S/C17H14F4N4O/c18-12-1-10(2-13(19)4-12)11-3-14(15(5-22)23-6-11)24-7-16(26)25-8-17(20,21)9-25/h1-6,22,24H,7-9H2. The molecule has 0 radical (unpaired) electrons. The van der Waals surface area contributed by atoms with E-state index in [1.165, 1.54) is 12.3 Å². The first kappa shape index (κ1) is 17.8. The van der Waals surface area contributed by atoms with Crippen LogP contribution in [-0.2, 0) is 4.79 Å². The SMILES string of the molecule is N=Cc1ncc(-c2cc(F)cc(F)c2)cc1NCC(=O)N1CC(F)(F)C1. The van der Waals surface area contributed by atoms with Crippen molar-refractivity contribution in [3.8, 4) is 11.1 Å². The lowest BCUT2D eigenvalue weighted by Crippen LogP contribution is -2.59. The number of anilines is 1. The summed E-state index contributed by atoms with van der Waals surface area (Å²) < 4.78 is 52.4. The quantitative estimate of drug-likeness (QED) is 0.632. The molecule has 1 aromatic heterocycles. The van der Waals surface area contributed by atoms with Crippen molar-refractivity contribution in [2.24, 2.45) is 0 Å². The van der Waals surface area contributed by atoms with Crippen LogP contribution in [0.25, 0.3) is 11.1 Å². The Bertz CT molecular complexity index is 844. The van der Waals surface area contributed by atoms with Crippen molar-refractivity contribution in [1.29, 1.82) is 5.41 Å². The second kappa shape index (κ2) is 6.74. The third-order valence-electron chi connectivity index (χ3n) is 3.88. The Hall–Kier alpha value is -2.97. The summed E-state index contributed by atoms with van der Waals surface area (Å²) in [5.74, 6) is -4.87. The Morgan fingerprint density at radius 3 is 2.42 bits per heavy atom. The molecule has 3 rings (SSSR count). The summed E-state index contributed by atoms with van der Waals surface area (Å²) in [6.45, 7) is -1.50. The second-order valence-corrected chi connectivity index (χ2v) is 5.92. The number of aromatic nitrogens is 1. The van der Waals surface area contributed by atoms with E-state index in [9.17, 15) is 22.4 Å². The van der Waals surface area contributed by atoms with E-state index in [2.05, 4.69) is 10.3 Å². The van der Waals surface area contributed by atoms with Gasteiger partial charge in [-0.25, -0.2) is 17.6 Å². The molecule has 26 heavy (non-hydrogen) atoms. The first-order valence-corrected chi connectivity index (χ1v) is 7.64. The van der Waals surface area contributed by atoms with E-state index in [0.29, 0.717) is 5.56 Å². The van der Waals surface area contributed by atoms with Crippen molar-refractivity contribution in [3.63, 3.8) is 0 Å². The van der Waals surface area contributed by atoms with Crippen LogP contribution in [0.4, 0.5) is 23.2 Å². The predicted octanol–water partition coefficient (Wildman–Crippen LogP) is 2.91. The average Bonchev–Trinajstić information content (AvgIpc) is 2.56. The Balaban J connectivity index is 1.78. The van der Waals surface area contributed by atoms with Crippen LogP contribution in [0, 0.1) is 17.0 Å². The molecular weight excluding hydrogens is 352 g/mol. The number of benzene rings is 1. The van der Waals surface area contributed by atoms with Gasteiger partial charge in [-0.2, -0.15) is 0 Å². The molecular formula is C17H14F4N4O. The monoisotopic (exact) mass is 366 g/mol. The van der Waals surface area contributed by atoms with Crippen LogP contribution in [-0.4, -0.2) is 47.6 Å². The minimum Gasteiger partial charge on any atom is -0.374 e. The van der Waals surface area contributed by atoms with Crippen LogP contribution in [0.5, 0.6) is 0 Å². The van der Waals surface area contributed by atoms with E-state index in [0.717, 1.165) is 29.3 Å². The molecule has 2 heterocycles. The number of nitrogens with one attached hydrogen (secondary N) is 2. The largest absolute Gasteiger partial charge is 0.374 e. The van der Waals surface area contributed by atoms with Gasteiger partial charge < -0.3 is 15.6 Å². The molecule has 0 spiro atoms. The third kappa shape index (κ3) is 3.81. The van der Waals surface area contributed by atoms with E-state index in [-0.39, 0.29) is 23.5 Å². The normalized spacial score (nSPS) is 15.3. The number of alkyl halides is 2. The highest BCUT2D eigenvalue weighted by molar-refractivity contribution is 5.88. The van der Waals surface area contributed by atoms with E-state index >= 15 is 0 Å². The molecule has 1 aliphatic heterocycles. The Labute approximate surface area is 146 Å². The number of halogens is 4. The third-order valence-corrected chi connectivity index (χ3v) is 3.88. The summed E-state index contributed by atoms with van der Waals surface area (Å²) >= 11 is 0. The summed E-state index contributed by atoms with van der Waals surface area (Å²) in [6, 6.07) is 4.48. The number of pyridine rings is 1. The Morgan fingerprint density at radius 2 is 1.85 bits per heavy atom. The second-order valence-electron chi connectivity index (χ2n) is 5.92. The maximum atomic E-state index is 13.4. The first-order chi connectivity index (χ1) is 12.3. The highest BCUT2D eigenvalue weighted by atomic mass is 19.3. The van der Waals surface area contributed by atoms with Crippen molar-refractivity contribution >= 4 is 17.8 Å². The Kier molecular flexibility index (Phi) is 4.62. The maximum absolute atomic E-state index is 13.4. The van der Waals surface area contributed by atoms with Gasteiger partial charge in [0.25, 0.3) is 5.92 Å².